The van der Waals surface area contributed by atoms with Crippen LogP contribution in [0.25, 0.3) is 0 Å². The highest BCUT2D eigenvalue weighted by Crippen LogP contribution is 2.28. The van der Waals surface area contributed by atoms with Gasteiger partial charge in [-0.3, -0.25) is 4.79 Å². The molecule has 0 aliphatic carbocycles. The molecule has 1 aromatic rings. The molecule has 3 saturated heterocycles. The fraction of sp³-hybridized carbons (Fsp3) is 0.650. The van der Waals surface area contributed by atoms with Crippen LogP contribution in [0.5, 0.6) is 0 Å². The number of benzene rings is 1. The van der Waals surface area contributed by atoms with Crippen LogP contribution in [0.1, 0.15) is 42.5 Å². The summed E-state index contributed by atoms with van der Waals surface area (Å²) in [4.78, 5) is 15.1. The quantitative estimate of drug-likeness (QED) is 0.855. The van der Waals surface area contributed by atoms with E-state index in [0.717, 1.165) is 58.3 Å². The summed E-state index contributed by atoms with van der Waals surface area (Å²) in [5.41, 5.74) is 0.581. The number of nitrogens with zero attached hydrogens (tertiary/aromatic N) is 2. The van der Waals surface area contributed by atoms with Crippen LogP contribution in [0.4, 0.5) is 0 Å². The molecule has 148 valence electrons. The third kappa shape index (κ3) is 3.91. The molecule has 0 unspecified atom stereocenters. The second-order valence-electron chi connectivity index (χ2n) is 8.04. The normalized spacial score (nSPS) is 27.2. The highest BCUT2D eigenvalue weighted by molar-refractivity contribution is 7.89. The largest absolute Gasteiger partial charge is 0.339 e. The molecule has 7 heteroatoms. The van der Waals surface area contributed by atoms with Crippen molar-refractivity contribution < 1.29 is 13.2 Å². The van der Waals surface area contributed by atoms with E-state index in [2.05, 4.69) is 5.32 Å². The van der Waals surface area contributed by atoms with Gasteiger partial charge in [-0.1, -0.05) is 6.42 Å². The zero-order chi connectivity index (χ0) is 18.9. The van der Waals surface area contributed by atoms with E-state index >= 15 is 0 Å². The van der Waals surface area contributed by atoms with Crippen molar-refractivity contribution in [2.75, 3.05) is 39.3 Å². The van der Waals surface area contributed by atoms with E-state index in [-0.39, 0.29) is 10.8 Å². The summed E-state index contributed by atoms with van der Waals surface area (Å²) in [7, 11) is -3.44. The van der Waals surface area contributed by atoms with Crippen molar-refractivity contribution in [3.8, 4) is 0 Å². The predicted molar refractivity (Wildman–Crippen MR) is 104 cm³/mol. The maximum Gasteiger partial charge on any atom is 0.253 e. The fourth-order valence-corrected chi connectivity index (χ4v) is 6.14. The smallest absolute Gasteiger partial charge is 0.253 e. The number of fused-ring (bicyclic) bond motifs is 1. The van der Waals surface area contributed by atoms with Crippen molar-refractivity contribution in [3.63, 3.8) is 0 Å². The summed E-state index contributed by atoms with van der Waals surface area (Å²) in [6.07, 6.45) is 5.02. The SMILES string of the molecule is O=C(c1ccc(S(=O)(=O)N2CCCCC2)cc1)N1CC[C@@H]2CNC[C@@H]2CC1. The third-order valence-corrected chi connectivity index (χ3v) is 8.27. The van der Waals surface area contributed by atoms with Crippen LogP contribution in [0.3, 0.4) is 0 Å². The van der Waals surface area contributed by atoms with Gasteiger partial charge in [-0.05, 0) is 74.9 Å². The van der Waals surface area contributed by atoms with E-state index in [1.807, 2.05) is 4.90 Å². The Bertz CT molecular complexity index is 758. The van der Waals surface area contributed by atoms with E-state index in [1.54, 1.807) is 28.6 Å². The minimum Gasteiger partial charge on any atom is -0.339 e. The maximum atomic E-state index is 12.9. The predicted octanol–water partition coefficient (Wildman–Crippen LogP) is 1.93. The third-order valence-electron chi connectivity index (χ3n) is 6.36. The van der Waals surface area contributed by atoms with Crippen LogP contribution in [0, 0.1) is 11.8 Å². The summed E-state index contributed by atoms with van der Waals surface area (Å²) in [6, 6.07) is 6.53. The van der Waals surface area contributed by atoms with E-state index in [1.165, 1.54) is 0 Å². The molecule has 1 aromatic carbocycles. The lowest BCUT2D eigenvalue weighted by atomic mass is 9.92. The Morgan fingerprint density at radius 2 is 1.48 bits per heavy atom. The Balaban J connectivity index is 1.44. The summed E-state index contributed by atoms with van der Waals surface area (Å²) in [6.45, 7) is 4.89. The molecule has 3 aliphatic heterocycles. The molecular weight excluding hydrogens is 362 g/mol. The van der Waals surface area contributed by atoms with Crippen LogP contribution >= 0.6 is 0 Å². The van der Waals surface area contributed by atoms with Gasteiger partial charge in [-0.25, -0.2) is 8.42 Å². The van der Waals surface area contributed by atoms with E-state index in [9.17, 15) is 13.2 Å². The minimum atomic E-state index is -3.44. The molecule has 0 saturated carbocycles. The van der Waals surface area contributed by atoms with Crippen LogP contribution in [0.15, 0.2) is 29.2 Å². The standard InChI is InChI=1S/C20H29N3O3S/c24-20(22-12-8-17-14-21-15-18(17)9-13-22)16-4-6-19(7-5-16)27(25,26)23-10-2-1-3-11-23/h4-7,17-18,21H,1-3,8-15H2/t17-,18+. The Morgan fingerprint density at radius 1 is 0.889 bits per heavy atom. The molecule has 1 amide bonds. The second kappa shape index (κ2) is 7.89. The molecule has 0 aromatic heterocycles. The fourth-order valence-electron chi connectivity index (χ4n) is 4.63. The highest BCUT2D eigenvalue weighted by atomic mass is 32.2. The van der Waals surface area contributed by atoms with Gasteiger partial charge in [0.1, 0.15) is 0 Å². The summed E-state index contributed by atoms with van der Waals surface area (Å²) >= 11 is 0. The summed E-state index contributed by atoms with van der Waals surface area (Å²) in [5, 5.41) is 3.45. The van der Waals surface area contributed by atoms with Crippen LogP contribution in [-0.2, 0) is 10.0 Å². The topological polar surface area (TPSA) is 69.7 Å². The Morgan fingerprint density at radius 3 is 2.07 bits per heavy atom. The molecular formula is C20H29N3O3S. The number of amides is 1. The lowest BCUT2D eigenvalue weighted by molar-refractivity contribution is 0.0758. The van der Waals surface area contributed by atoms with E-state index < -0.39 is 10.0 Å². The van der Waals surface area contributed by atoms with Crippen molar-refractivity contribution >= 4 is 15.9 Å². The number of hydrogen-bond acceptors (Lipinski definition) is 4. The van der Waals surface area contributed by atoms with Crippen molar-refractivity contribution in [3.05, 3.63) is 29.8 Å². The molecule has 4 rings (SSSR count). The first kappa shape index (κ1) is 18.9. The molecule has 0 bridgehead atoms. The van der Waals surface area contributed by atoms with Crippen LogP contribution in [-0.4, -0.2) is 62.8 Å². The average Bonchev–Trinajstić information content (AvgIpc) is 3.06. The average molecular weight is 392 g/mol. The van der Waals surface area contributed by atoms with Gasteiger partial charge in [0, 0.05) is 31.7 Å². The summed E-state index contributed by atoms with van der Waals surface area (Å²) < 4.78 is 27.1. The van der Waals surface area contributed by atoms with E-state index in [0.29, 0.717) is 30.5 Å². The molecule has 3 aliphatic rings. The van der Waals surface area contributed by atoms with Gasteiger partial charge < -0.3 is 10.2 Å². The molecule has 27 heavy (non-hydrogen) atoms. The Kier molecular flexibility index (Phi) is 5.53. The Labute approximate surface area is 162 Å². The Hall–Kier alpha value is -1.44. The monoisotopic (exact) mass is 391 g/mol. The number of hydrogen-bond donors (Lipinski definition) is 1. The van der Waals surface area contributed by atoms with Gasteiger partial charge in [0.25, 0.3) is 5.91 Å². The first-order valence-corrected chi connectivity index (χ1v) is 11.6. The number of carbonyl (C=O) groups excluding carboxylic acids is 1. The van der Waals surface area contributed by atoms with Crippen molar-refractivity contribution in [2.24, 2.45) is 11.8 Å². The molecule has 1 N–H and O–H groups in total. The number of likely N-dealkylation sites (tertiary alicyclic amines) is 1. The number of sulfonamides is 1. The van der Waals surface area contributed by atoms with Crippen molar-refractivity contribution in [1.29, 1.82) is 0 Å². The molecule has 6 nitrogen and oxygen atoms in total. The lowest BCUT2D eigenvalue weighted by Gasteiger charge is -2.26. The van der Waals surface area contributed by atoms with Crippen LogP contribution in [0.2, 0.25) is 0 Å². The van der Waals surface area contributed by atoms with Gasteiger partial charge in [0.2, 0.25) is 10.0 Å². The van der Waals surface area contributed by atoms with E-state index in [4.69, 9.17) is 0 Å². The molecule has 3 fully saturated rings. The first-order valence-electron chi connectivity index (χ1n) is 10.2. The molecule has 0 spiro atoms. The molecule has 3 heterocycles. The van der Waals surface area contributed by atoms with Gasteiger partial charge in [0.05, 0.1) is 4.90 Å². The lowest BCUT2D eigenvalue weighted by Crippen LogP contribution is -2.35. The van der Waals surface area contributed by atoms with Gasteiger partial charge in [-0.2, -0.15) is 4.31 Å². The second-order valence-corrected chi connectivity index (χ2v) is 9.98. The number of carbonyl (C=O) groups is 1. The first-order chi connectivity index (χ1) is 13.1. The molecule has 2 atom stereocenters. The number of piperidine rings is 1. The zero-order valence-corrected chi connectivity index (χ0v) is 16.6. The maximum absolute atomic E-state index is 12.9. The molecule has 0 radical (unpaired) electrons. The van der Waals surface area contributed by atoms with Crippen molar-refractivity contribution in [2.45, 2.75) is 37.0 Å². The highest BCUT2D eigenvalue weighted by Gasteiger charge is 2.32. The van der Waals surface area contributed by atoms with Gasteiger partial charge >= 0.3 is 0 Å². The van der Waals surface area contributed by atoms with Crippen LogP contribution < -0.4 is 5.32 Å². The number of nitrogens with one attached hydrogen (secondary N) is 1. The van der Waals surface area contributed by atoms with Gasteiger partial charge in [-0.15, -0.1) is 0 Å². The van der Waals surface area contributed by atoms with Gasteiger partial charge in [0.15, 0.2) is 0 Å². The minimum absolute atomic E-state index is 0.0184. The van der Waals surface area contributed by atoms with Crippen molar-refractivity contribution in [1.82, 2.24) is 14.5 Å². The summed E-state index contributed by atoms with van der Waals surface area (Å²) in [5.74, 6) is 1.38. The number of rotatable bonds is 3. The zero-order valence-electron chi connectivity index (χ0n) is 15.8.